The quantitative estimate of drug-likeness (QED) is 0.588. The van der Waals surface area contributed by atoms with Gasteiger partial charge in [0.2, 0.25) is 0 Å². The highest BCUT2D eigenvalue weighted by Gasteiger charge is 1.96. The van der Waals surface area contributed by atoms with Gasteiger partial charge in [0.1, 0.15) is 0 Å². The number of dihydropyridines is 1. The summed E-state index contributed by atoms with van der Waals surface area (Å²) in [5.41, 5.74) is 1.43. The van der Waals surface area contributed by atoms with E-state index in [-0.39, 0.29) is 0 Å². The van der Waals surface area contributed by atoms with Crippen molar-refractivity contribution in [3.05, 3.63) is 23.9 Å². The normalized spacial score (nSPS) is 15.9. The Morgan fingerprint density at radius 3 is 3.18 bits per heavy atom. The van der Waals surface area contributed by atoms with E-state index in [0.29, 0.717) is 0 Å². The lowest BCUT2D eigenvalue weighted by atomic mass is 10.2. The average molecular weight is 152 g/mol. The van der Waals surface area contributed by atoms with E-state index in [1.165, 1.54) is 12.0 Å². The topological polar surface area (TPSA) is 24.1 Å². The lowest BCUT2D eigenvalue weighted by Crippen LogP contribution is -2.24. The molecule has 0 aromatic heterocycles. The van der Waals surface area contributed by atoms with Crippen LogP contribution in [0.15, 0.2) is 23.9 Å². The van der Waals surface area contributed by atoms with Crippen molar-refractivity contribution >= 4 is 0 Å². The Morgan fingerprint density at radius 2 is 2.55 bits per heavy atom. The Kier molecular flexibility index (Phi) is 3.76. The molecule has 0 aromatic rings. The van der Waals surface area contributed by atoms with E-state index >= 15 is 0 Å². The van der Waals surface area contributed by atoms with Gasteiger partial charge in [-0.15, -0.1) is 0 Å². The molecule has 2 heteroatoms. The van der Waals surface area contributed by atoms with E-state index in [9.17, 15) is 0 Å². The molecule has 0 saturated carbocycles. The molecular formula is C9H16N2. The van der Waals surface area contributed by atoms with Gasteiger partial charge in [0, 0.05) is 13.1 Å². The van der Waals surface area contributed by atoms with Crippen LogP contribution in [0.2, 0.25) is 0 Å². The molecule has 0 spiro atoms. The second-order valence-electron chi connectivity index (χ2n) is 2.74. The van der Waals surface area contributed by atoms with Crippen LogP contribution in [0.4, 0.5) is 0 Å². The van der Waals surface area contributed by atoms with Crippen LogP contribution in [0.5, 0.6) is 0 Å². The Morgan fingerprint density at radius 1 is 1.64 bits per heavy atom. The van der Waals surface area contributed by atoms with E-state index in [2.05, 4.69) is 23.6 Å². The van der Waals surface area contributed by atoms with E-state index in [1.54, 1.807) is 0 Å². The molecule has 0 fully saturated rings. The van der Waals surface area contributed by atoms with Crippen molar-refractivity contribution in [2.24, 2.45) is 0 Å². The smallest absolute Gasteiger partial charge is 0.0370 e. The fourth-order valence-electron chi connectivity index (χ4n) is 1.05. The highest BCUT2D eigenvalue weighted by Crippen LogP contribution is 1.95. The predicted octanol–water partition coefficient (Wildman–Crippen LogP) is 1.03. The first kappa shape index (κ1) is 8.34. The number of nitrogens with one attached hydrogen (secondary N) is 2. The van der Waals surface area contributed by atoms with Crippen molar-refractivity contribution in [1.29, 1.82) is 0 Å². The number of rotatable bonds is 4. The third-order valence-electron chi connectivity index (χ3n) is 1.65. The van der Waals surface area contributed by atoms with Crippen LogP contribution in [0.3, 0.4) is 0 Å². The van der Waals surface area contributed by atoms with E-state index in [1.807, 2.05) is 12.3 Å². The van der Waals surface area contributed by atoms with Gasteiger partial charge in [0.25, 0.3) is 0 Å². The molecule has 0 atom stereocenters. The summed E-state index contributed by atoms with van der Waals surface area (Å²) < 4.78 is 0. The van der Waals surface area contributed by atoms with Crippen LogP contribution in [-0.2, 0) is 0 Å². The van der Waals surface area contributed by atoms with Crippen LogP contribution in [-0.4, -0.2) is 19.6 Å². The standard InChI is InChI=1S/C9H16N2/c1-2-5-10-7-9-4-3-6-11-8-9/h3-4,6,10-11H,2,5,7-8H2,1H3. The zero-order chi connectivity index (χ0) is 7.94. The molecule has 0 bridgehead atoms. The number of allylic oxidation sites excluding steroid dienone is 2. The van der Waals surface area contributed by atoms with Gasteiger partial charge >= 0.3 is 0 Å². The molecule has 2 N–H and O–H groups in total. The Balaban J connectivity index is 2.15. The van der Waals surface area contributed by atoms with Gasteiger partial charge in [-0.05, 0) is 30.8 Å². The Labute approximate surface area is 68.4 Å². The summed E-state index contributed by atoms with van der Waals surface area (Å²) in [6.45, 7) is 5.31. The summed E-state index contributed by atoms with van der Waals surface area (Å²) in [6.07, 6.45) is 7.39. The molecule has 0 unspecified atom stereocenters. The van der Waals surface area contributed by atoms with Crippen molar-refractivity contribution < 1.29 is 0 Å². The number of hydrogen-bond donors (Lipinski definition) is 2. The van der Waals surface area contributed by atoms with Crippen molar-refractivity contribution in [3.8, 4) is 0 Å². The lowest BCUT2D eigenvalue weighted by molar-refractivity contribution is 0.697. The van der Waals surface area contributed by atoms with Gasteiger partial charge < -0.3 is 10.6 Å². The van der Waals surface area contributed by atoms with Crippen molar-refractivity contribution in [1.82, 2.24) is 10.6 Å². The van der Waals surface area contributed by atoms with Gasteiger partial charge in [0.05, 0.1) is 0 Å². The third kappa shape index (κ3) is 3.23. The second-order valence-corrected chi connectivity index (χ2v) is 2.74. The minimum Gasteiger partial charge on any atom is -0.387 e. The molecule has 0 aromatic carbocycles. The van der Waals surface area contributed by atoms with Crippen LogP contribution >= 0.6 is 0 Å². The maximum atomic E-state index is 3.36. The molecule has 11 heavy (non-hydrogen) atoms. The van der Waals surface area contributed by atoms with Gasteiger partial charge in [-0.3, -0.25) is 0 Å². The molecule has 62 valence electrons. The maximum Gasteiger partial charge on any atom is 0.0370 e. The predicted molar refractivity (Wildman–Crippen MR) is 48.4 cm³/mol. The minimum absolute atomic E-state index is 0.993. The van der Waals surface area contributed by atoms with Crippen LogP contribution in [0.25, 0.3) is 0 Å². The molecular weight excluding hydrogens is 136 g/mol. The lowest BCUT2D eigenvalue weighted by Gasteiger charge is -2.10. The summed E-state index contributed by atoms with van der Waals surface area (Å²) in [6, 6.07) is 0. The molecule has 2 nitrogen and oxygen atoms in total. The second kappa shape index (κ2) is 4.97. The van der Waals surface area contributed by atoms with Crippen molar-refractivity contribution in [2.75, 3.05) is 19.6 Å². The molecule has 0 saturated heterocycles. The van der Waals surface area contributed by atoms with E-state index in [4.69, 9.17) is 0 Å². The SMILES string of the molecule is CCCNCC1=CC=CNC1. The fourth-order valence-corrected chi connectivity index (χ4v) is 1.05. The fraction of sp³-hybridized carbons (Fsp3) is 0.556. The molecule has 1 heterocycles. The highest BCUT2D eigenvalue weighted by molar-refractivity contribution is 5.19. The third-order valence-corrected chi connectivity index (χ3v) is 1.65. The summed E-state index contributed by atoms with van der Waals surface area (Å²) in [4.78, 5) is 0. The zero-order valence-corrected chi connectivity index (χ0v) is 7.06. The number of hydrogen-bond acceptors (Lipinski definition) is 2. The van der Waals surface area contributed by atoms with Crippen molar-refractivity contribution in [3.63, 3.8) is 0 Å². The minimum atomic E-state index is 0.993. The Hall–Kier alpha value is -0.760. The van der Waals surface area contributed by atoms with E-state index in [0.717, 1.165) is 19.6 Å². The summed E-state index contributed by atoms with van der Waals surface area (Å²) in [7, 11) is 0. The van der Waals surface area contributed by atoms with Crippen LogP contribution in [0, 0.1) is 0 Å². The molecule has 1 rings (SSSR count). The van der Waals surface area contributed by atoms with Crippen LogP contribution in [0.1, 0.15) is 13.3 Å². The molecule has 1 aliphatic rings. The van der Waals surface area contributed by atoms with Gasteiger partial charge in [-0.1, -0.05) is 13.0 Å². The zero-order valence-electron chi connectivity index (χ0n) is 7.06. The largest absolute Gasteiger partial charge is 0.387 e. The summed E-state index contributed by atoms with van der Waals surface area (Å²) in [5.74, 6) is 0. The molecule has 1 aliphatic heterocycles. The van der Waals surface area contributed by atoms with Gasteiger partial charge in [-0.25, -0.2) is 0 Å². The first-order valence-corrected chi connectivity index (χ1v) is 4.22. The molecule has 0 radical (unpaired) electrons. The maximum absolute atomic E-state index is 3.36. The summed E-state index contributed by atoms with van der Waals surface area (Å²) >= 11 is 0. The molecule has 0 aliphatic carbocycles. The van der Waals surface area contributed by atoms with Crippen molar-refractivity contribution in [2.45, 2.75) is 13.3 Å². The summed E-state index contributed by atoms with van der Waals surface area (Å²) in [5, 5.41) is 6.54. The van der Waals surface area contributed by atoms with Crippen LogP contribution < -0.4 is 10.6 Å². The first-order valence-electron chi connectivity index (χ1n) is 4.22. The van der Waals surface area contributed by atoms with Gasteiger partial charge in [-0.2, -0.15) is 0 Å². The highest BCUT2D eigenvalue weighted by atomic mass is 14.9. The Bertz CT molecular complexity index is 159. The monoisotopic (exact) mass is 152 g/mol. The average Bonchev–Trinajstić information content (AvgIpc) is 2.07. The van der Waals surface area contributed by atoms with Gasteiger partial charge in [0.15, 0.2) is 0 Å². The first-order chi connectivity index (χ1) is 5.43. The van der Waals surface area contributed by atoms with E-state index < -0.39 is 0 Å². The molecule has 0 amide bonds.